The molecule has 82 valence electrons. The number of hydrogen-bond acceptors (Lipinski definition) is 3. The highest BCUT2D eigenvalue weighted by molar-refractivity contribution is 9.11. The fourth-order valence-electron chi connectivity index (χ4n) is 1.00. The molecule has 0 fully saturated rings. The number of carboxylic acids is 1. The minimum absolute atomic E-state index is 0.119. The van der Waals surface area contributed by atoms with Crippen molar-refractivity contribution in [2.45, 2.75) is 15.5 Å². The largest absolute Gasteiger partial charge is 0.481 e. The Bertz CT molecular complexity index is 440. The van der Waals surface area contributed by atoms with Gasteiger partial charge in [0.1, 0.15) is 4.16 Å². The van der Waals surface area contributed by atoms with Crippen molar-refractivity contribution in [2.24, 2.45) is 0 Å². The second-order valence-corrected chi connectivity index (χ2v) is 6.71. The molecule has 6 heteroatoms. The van der Waals surface area contributed by atoms with Crippen molar-refractivity contribution in [3.8, 4) is 0 Å². The Morgan fingerprint density at radius 3 is 2.33 bits per heavy atom. The highest BCUT2D eigenvalue weighted by Crippen LogP contribution is 2.22. The lowest BCUT2D eigenvalue weighted by Gasteiger charge is -2.08. The van der Waals surface area contributed by atoms with E-state index in [1.807, 2.05) is 0 Å². The van der Waals surface area contributed by atoms with E-state index >= 15 is 0 Å². The van der Waals surface area contributed by atoms with Crippen LogP contribution in [0.3, 0.4) is 0 Å². The normalized spacial score (nSPS) is 13.4. The monoisotopic (exact) mass is 292 g/mol. The molecule has 0 saturated carbocycles. The summed E-state index contributed by atoms with van der Waals surface area (Å²) in [6, 6.07) is 7.75. The number of sulfone groups is 1. The molecule has 0 spiro atoms. The summed E-state index contributed by atoms with van der Waals surface area (Å²) in [5.74, 6) is -1.16. The van der Waals surface area contributed by atoms with Gasteiger partial charge in [0.2, 0.25) is 0 Å². The van der Waals surface area contributed by atoms with Gasteiger partial charge in [0.05, 0.1) is 11.3 Å². The zero-order chi connectivity index (χ0) is 11.5. The minimum atomic E-state index is -3.60. The van der Waals surface area contributed by atoms with E-state index in [0.29, 0.717) is 0 Å². The molecule has 0 radical (unpaired) electrons. The molecule has 0 aliphatic heterocycles. The summed E-state index contributed by atoms with van der Waals surface area (Å²) in [5.41, 5.74) is 0. The maximum Gasteiger partial charge on any atom is 0.305 e. The maximum absolute atomic E-state index is 11.8. The summed E-state index contributed by atoms with van der Waals surface area (Å²) in [5, 5.41) is 8.50. The van der Waals surface area contributed by atoms with Gasteiger partial charge >= 0.3 is 5.97 Å². The minimum Gasteiger partial charge on any atom is -0.481 e. The van der Waals surface area contributed by atoms with Crippen LogP contribution in [0.2, 0.25) is 0 Å². The van der Waals surface area contributed by atoms with Crippen LogP contribution < -0.4 is 0 Å². The van der Waals surface area contributed by atoms with Crippen LogP contribution in [0.1, 0.15) is 6.42 Å². The van der Waals surface area contributed by atoms with E-state index in [1.54, 1.807) is 18.2 Å². The summed E-state index contributed by atoms with van der Waals surface area (Å²) in [6.07, 6.45) is -0.461. The van der Waals surface area contributed by atoms with Crippen LogP contribution in [0.4, 0.5) is 0 Å². The topological polar surface area (TPSA) is 71.4 Å². The van der Waals surface area contributed by atoms with Gasteiger partial charge in [-0.25, -0.2) is 8.42 Å². The highest BCUT2D eigenvalue weighted by Gasteiger charge is 2.26. The van der Waals surface area contributed by atoms with E-state index in [-0.39, 0.29) is 4.90 Å². The van der Waals surface area contributed by atoms with Crippen LogP contribution in [-0.4, -0.2) is 23.7 Å². The third kappa shape index (κ3) is 3.04. The third-order valence-electron chi connectivity index (χ3n) is 1.74. The molecule has 1 aromatic rings. The van der Waals surface area contributed by atoms with Crippen LogP contribution in [-0.2, 0) is 14.6 Å². The van der Waals surface area contributed by atoms with E-state index in [2.05, 4.69) is 15.9 Å². The van der Waals surface area contributed by atoms with E-state index in [9.17, 15) is 13.2 Å². The number of hydrogen-bond donors (Lipinski definition) is 1. The Balaban J connectivity index is 2.99. The molecular formula is C9H9BrO4S. The number of halogens is 1. The summed E-state index contributed by atoms with van der Waals surface area (Å²) in [6.45, 7) is 0. The SMILES string of the molecule is O=C(O)CC(Br)S(=O)(=O)c1ccccc1. The molecule has 1 rings (SSSR count). The lowest BCUT2D eigenvalue weighted by molar-refractivity contribution is -0.136. The molecule has 0 aliphatic rings. The van der Waals surface area contributed by atoms with Crippen molar-refractivity contribution in [3.63, 3.8) is 0 Å². The molecule has 1 atom stereocenters. The Morgan fingerprint density at radius 2 is 1.87 bits per heavy atom. The predicted octanol–water partition coefficient (Wildman–Crippen LogP) is 1.66. The first-order valence-corrected chi connectivity index (χ1v) is 6.55. The van der Waals surface area contributed by atoms with Crippen molar-refractivity contribution < 1.29 is 18.3 Å². The molecule has 0 aromatic heterocycles. The molecule has 1 unspecified atom stereocenters. The molecule has 4 nitrogen and oxygen atoms in total. The molecule has 1 aromatic carbocycles. The number of benzene rings is 1. The first-order chi connectivity index (χ1) is 6.94. The number of carbonyl (C=O) groups is 1. The van der Waals surface area contributed by atoms with Crippen molar-refractivity contribution in [1.82, 2.24) is 0 Å². The number of carboxylic acid groups (broad SMARTS) is 1. The highest BCUT2D eigenvalue weighted by atomic mass is 79.9. The van der Waals surface area contributed by atoms with Gasteiger partial charge in [-0.3, -0.25) is 4.79 Å². The molecule has 15 heavy (non-hydrogen) atoms. The molecule has 1 N–H and O–H groups in total. The van der Waals surface area contributed by atoms with Gasteiger partial charge in [-0.2, -0.15) is 0 Å². The number of alkyl halides is 1. The van der Waals surface area contributed by atoms with Gasteiger partial charge in [0.25, 0.3) is 0 Å². The lowest BCUT2D eigenvalue weighted by atomic mass is 10.4. The van der Waals surface area contributed by atoms with Gasteiger partial charge in [-0.1, -0.05) is 34.1 Å². The Hall–Kier alpha value is -0.880. The first-order valence-electron chi connectivity index (χ1n) is 4.09. The summed E-state index contributed by atoms with van der Waals surface area (Å²) in [7, 11) is -3.60. The Kier molecular flexibility index (Phi) is 3.87. The van der Waals surface area contributed by atoms with E-state index in [0.717, 1.165) is 0 Å². The van der Waals surface area contributed by atoms with Gasteiger partial charge in [0.15, 0.2) is 9.84 Å². The molecule has 0 heterocycles. The molecule has 0 aliphatic carbocycles. The summed E-state index contributed by atoms with van der Waals surface area (Å²) in [4.78, 5) is 10.5. The van der Waals surface area contributed by atoms with Crippen molar-refractivity contribution in [2.75, 3.05) is 0 Å². The molecule has 0 bridgehead atoms. The average molecular weight is 293 g/mol. The van der Waals surface area contributed by atoms with Crippen molar-refractivity contribution in [3.05, 3.63) is 30.3 Å². The van der Waals surface area contributed by atoms with Gasteiger partial charge in [-0.15, -0.1) is 0 Å². The van der Waals surface area contributed by atoms with E-state index in [1.165, 1.54) is 12.1 Å². The quantitative estimate of drug-likeness (QED) is 0.857. The van der Waals surface area contributed by atoms with E-state index in [4.69, 9.17) is 5.11 Å². The van der Waals surface area contributed by atoms with Gasteiger partial charge in [-0.05, 0) is 12.1 Å². The number of rotatable bonds is 4. The smallest absolute Gasteiger partial charge is 0.305 e. The standard InChI is InChI=1S/C9H9BrO4S/c10-8(6-9(11)12)15(13,14)7-4-2-1-3-5-7/h1-5,8H,6H2,(H,11,12). The van der Waals surface area contributed by atoms with Crippen LogP contribution in [0.5, 0.6) is 0 Å². The van der Waals surface area contributed by atoms with Gasteiger partial charge in [0, 0.05) is 0 Å². The fraction of sp³-hybridized carbons (Fsp3) is 0.222. The molecule has 0 saturated heterocycles. The zero-order valence-corrected chi connectivity index (χ0v) is 10.0. The summed E-state index contributed by atoms with van der Waals surface area (Å²) >= 11 is 2.87. The fourth-order valence-corrected chi connectivity index (χ4v) is 3.12. The second kappa shape index (κ2) is 4.76. The number of aliphatic carboxylic acids is 1. The Morgan fingerprint density at radius 1 is 1.33 bits per heavy atom. The molecule has 0 amide bonds. The molecular weight excluding hydrogens is 284 g/mol. The second-order valence-electron chi connectivity index (χ2n) is 2.87. The summed E-state index contributed by atoms with van der Waals surface area (Å²) < 4.78 is 22.4. The lowest BCUT2D eigenvalue weighted by Crippen LogP contribution is -2.18. The van der Waals surface area contributed by atoms with Crippen LogP contribution in [0, 0.1) is 0 Å². The van der Waals surface area contributed by atoms with Crippen LogP contribution in [0.15, 0.2) is 35.2 Å². The van der Waals surface area contributed by atoms with Crippen molar-refractivity contribution in [1.29, 1.82) is 0 Å². The zero-order valence-electron chi connectivity index (χ0n) is 7.63. The van der Waals surface area contributed by atoms with Crippen LogP contribution in [0.25, 0.3) is 0 Å². The maximum atomic E-state index is 11.8. The average Bonchev–Trinajstić information content (AvgIpc) is 2.18. The van der Waals surface area contributed by atoms with Crippen LogP contribution >= 0.6 is 15.9 Å². The third-order valence-corrected chi connectivity index (χ3v) is 5.31. The Labute approximate surface area is 96.0 Å². The first kappa shape index (κ1) is 12.2. The van der Waals surface area contributed by atoms with Gasteiger partial charge < -0.3 is 5.11 Å². The predicted molar refractivity (Wildman–Crippen MR) is 58.6 cm³/mol. The van der Waals surface area contributed by atoms with E-state index < -0.39 is 26.4 Å². The van der Waals surface area contributed by atoms with Crippen molar-refractivity contribution >= 4 is 31.7 Å².